The van der Waals surface area contributed by atoms with Gasteiger partial charge in [0.25, 0.3) is 0 Å². The van der Waals surface area contributed by atoms with Gasteiger partial charge in [0, 0.05) is 25.4 Å². The van der Waals surface area contributed by atoms with Gasteiger partial charge in [0.1, 0.15) is 0 Å². The van der Waals surface area contributed by atoms with Gasteiger partial charge >= 0.3 is 6.18 Å². The highest BCUT2D eigenvalue weighted by Crippen LogP contribution is 2.30. The van der Waals surface area contributed by atoms with E-state index in [1.807, 2.05) is 0 Å². The first-order valence-electron chi connectivity index (χ1n) is 10.1. The predicted molar refractivity (Wildman–Crippen MR) is 119 cm³/mol. The van der Waals surface area contributed by atoms with E-state index in [1.165, 1.54) is 24.3 Å². The third-order valence-corrected chi connectivity index (χ3v) is 6.33. The van der Waals surface area contributed by atoms with Crippen molar-refractivity contribution in [3.05, 3.63) is 71.5 Å². The van der Waals surface area contributed by atoms with Crippen molar-refractivity contribution in [3.8, 4) is 22.8 Å². The molecule has 0 radical (unpaired) electrons. The molecule has 2 heterocycles. The van der Waals surface area contributed by atoms with Crippen LogP contribution in [0.4, 0.5) is 13.2 Å². The summed E-state index contributed by atoms with van der Waals surface area (Å²) in [6.07, 6.45) is -1.70. The summed E-state index contributed by atoms with van der Waals surface area (Å²) in [6.45, 7) is 0. The maximum atomic E-state index is 12.8. The molecule has 8 nitrogen and oxygen atoms in total. The molecule has 0 aliphatic heterocycles. The Kier molecular flexibility index (Phi) is 6.04. The van der Waals surface area contributed by atoms with Crippen molar-refractivity contribution >= 4 is 10.0 Å². The van der Waals surface area contributed by atoms with Gasteiger partial charge in [-0.2, -0.15) is 23.4 Å². The minimum atomic E-state index is -4.37. The van der Waals surface area contributed by atoms with Gasteiger partial charge in [0.05, 0.1) is 22.2 Å². The lowest BCUT2D eigenvalue weighted by molar-refractivity contribution is -0.137. The lowest BCUT2D eigenvalue weighted by atomic mass is 10.0. The van der Waals surface area contributed by atoms with E-state index in [4.69, 9.17) is 5.14 Å². The third kappa shape index (κ3) is 4.87. The fourth-order valence-corrected chi connectivity index (χ4v) is 4.18. The molecule has 4 aromatic rings. The van der Waals surface area contributed by atoms with Gasteiger partial charge in [0.2, 0.25) is 10.0 Å². The number of primary sulfonamides is 1. The minimum Gasteiger partial charge on any atom is -0.272 e. The Balaban J connectivity index is 1.61. The molecule has 0 unspecified atom stereocenters. The summed E-state index contributed by atoms with van der Waals surface area (Å²) in [4.78, 5) is 4.54. The monoisotopic (exact) mass is 490 g/mol. The number of hydrogen-bond donors (Lipinski definition) is 1. The first kappa shape index (κ1) is 23.6. The van der Waals surface area contributed by atoms with Crippen LogP contribution >= 0.6 is 0 Å². The molecule has 0 spiro atoms. The molecule has 2 N–H and O–H groups in total. The summed E-state index contributed by atoms with van der Waals surface area (Å²) in [5, 5.41) is 13.9. The molecule has 0 saturated heterocycles. The lowest BCUT2D eigenvalue weighted by Gasteiger charge is -2.09. The van der Waals surface area contributed by atoms with E-state index in [9.17, 15) is 21.6 Å². The number of aromatic nitrogens is 5. The van der Waals surface area contributed by atoms with Crippen LogP contribution in [0.15, 0.2) is 59.6 Å². The number of halogens is 3. The van der Waals surface area contributed by atoms with Crippen molar-refractivity contribution in [3.63, 3.8) is 0 Å². The second-order valence-corrected chi connectivity index (χ2v) is 9.34. The molecule has 0 aliphatic carbocycles. The van der Waals surface area contributed by atoms with Gasteiger partial charge in [0.15, 0.2) is 11.6 Å². The molecule has 0 amide bonds. The van der Waals surface area contributed by atoms with Crippen LogP contribution in [0, 0.1) is 0 Å². The van der Waals surface area contributed by atoms with Gasteiger partial charge in [-0.25, -0.2) is 23.2 Å². The first-order chi connectivity index (χ1) is 15.9. The average Bonchev–Trinajstić information content (AvgIpc) is 3.33. The fourth-order valence-electron chi connectivity index (χ4n) is 3.62. The van der Waals surface area contributed by atoms with E-state index in [2.05, 4.69) is 15.2 Å². The van der Waals surface area contributed by atoms with Crippen molar-refractivity contribution in [2.24, 2.45) is 19.2 Å². The number of nitrogens with two attached hydrogens (primary N) is 1. The van der Waals surface area contributed by atoms with Gasteiger partial charge in [-0.1, -0.05) is 24.3 Å². The highest BCUT2D eigenvalue weighted by molar-refractivity contribution is 7.89. The molecule has 2 aromatic heterocycles. The SMILES string of the molecule is Cn1nc(-c2cccc(S(N)(=O)=O)c2)nc1-c1cnn(C)c1CCc1ccc(C(F)(F)F)cc1. The fraction of sp³-hybridized carbons (Fsp3) is 0.227. The van der Waals surface area contributed by atoms with Crippen LogP contribution in [0.1, 0.15) is 16.8 Å². The number of sulfonamides is 1. The summed E-state index contributed by atoms with van der Waals surface area (Å²) >= 11 is 0. The molecule has 0 saturated carbocycles. The summed E-state index contributed by atoms with van der Waals surface area (Å²) in [6, 6.07) is 11.1. The van der Waals surface area contributed by atoms with Crippen molar-refractivity contribution in [2.75, 3.05) is 0 Å². The third-order valence-electron chi connectivity index (χ3n) is 5.42. The number of alkyl halides is 3. The minimum absolute atomic E-state index is 0.0439. The van der Waals surface area contributed by atoms with Gasteiger partial charge < -0.3 is 0 Å². The topological polar surface area (TPSA) is 109 Å². The average molecular weight is 491 g/mol. The number of benzene rings is 2. The molecular weight excluding hydrogens is 469 g/mol. The zero-order valence-corrected chi connectivity index (χ0v) is 19.1. The Labute approximate surface area is 193 Å². The Morgan fingerprint density at radius 1 is 1.00 bits per heavy atom. The maximum Gasteiger partial charge on any atom is 0.416 e. The molecular formula is C22H21F3N6O2S. The van der Waals surface area contributed by atoms with E-state index in [-0.39, 0.29) is 4.90 Å². The highest BCUT2D eigenvalue weighted by Gasteiger charge is 2.30. The summed E-state index contributed by atoms with van der Waals surface area (Å²) in [5.74, 6) is 0.840. The van der Waals surface area contributed by atoms with Crippen molar-refractivity contribution in [1.29, 1.82) is 0 Å². The molecule has 4 rings (SSSR count). The number of aryl methyl sites for hydroxylation is 3. The molecule has 0 aliphatic rings. The van der Waals surface area contributed by atoms with Crippen LogP contribution in [0.25, 0.3) is 22.8 Å². The van der Waals surface area contributed by atoms with E-state index in [1.54, 1.807) is 41.8 Å². The number of hydrogen-bond acceptors (Lipinski definition) is 5. The van der Waals surface area contributed by atoms with E-state index < -0.39 is 21.8 Å². The zero-order chi connectivity index (χ0) is 24.7. The highest BCUT2D eigenvalue weighted by atomic mass is 32.2. The molecule has 34 heavy (non-hydrogen) atoms. The Morgan fingerprint density at radius 3 is 2.35 bits per heavy atom. The van der Waals surface area contributed by atoms with Crippen LogP contribution in [0.3, 0.4) is 0 Å². The molecule has 0 bridgehead atoms. The molecule has 12 heteroatoms. The van der Waals surface area contributed by atoms with Crippen LogP contribution < -0.4 is 5.14 Å². The van der Waals surface area contributed by atoms with E-state index in [0.717, 1.165) is 29.0 Å². The number of rotatable bonds is 6. The second-order valence-electron chi connectivity index (χ2n) is 7.78. The first-order valence-corrected chi connectivity index (χ1v) is 11.7. The predicted octanol–water partition coefficient (Wildman–Crippen LogP) is 3.33. The largest absolute Gasteiger partial charge is 0.416 e. The van der Waals surface area contributed by atoms with Crippen molar-refractivity contribution in [1.82, 2.24) is 24.5 Å². The normalized spacial score (nSPS) is 12.3. The second kappa shape index (κ2) is 8.69. The zero-order valence-electron chi connectivity index (χ0n) is 18.3. The Hall–Kier alpha value is -3.51. The Bertz CT molecular complexity index is 1440. The van der Waals surface area contributed by atoms with Crippen LogP contribution in [-0.4, -0.2) is 33.0 Å². The van der Waals surface area contributed by atoms with E-state index in [0.29, 0.717) is 30.1 Å². The maximum absolute atomic E-state index is 12.8. The quantitative estimate of drug-likeness (QED) is 0.446. The Morgan fingerprint density at radius 2 is 1.71 bits per heavy atom. The number of nitrogens with zero attached hydrogens (tertiary/aromatic N) is 5. The van der Waals surface area contributed by atoms with Gasteiger partial charge in [-0.3, -0.25) is 4.68 Å². The summed E-state index contributed by atoms with van der Waals surface area (Å²) in [5.41, 5.74) is 2.12. The van der Waals surface area contributed by atoms with Crippen LogP contribution in [0.2, 0.25) is 0 Å². The van der Waals surface area contributed by atoms with Crippen LogP contribution in [-0.2, 0) is 43.1 Å². The lowest BCUT2D eigenvalue weighted by Crippen LogP contribution is -2.11. The molecule has 0 atom stereocenters. The van der Waals surface area contributed by atoms with Gasteiger partial charge in [-0.15, -0.1) is 0 Å². The van der Waals surface area contributed by atoms with Crippen LogP contribution in [0.5, 0.6) is 0 Å². The molecule has 0 fully saturated rings. The molecule has 178 valence electrons. The summed E-state index contributed by atoms with van der Waals surface area (Å²) < 4.78 is 65.0. The van der Waals surface area contributed by atoms with Gasteiger partial charge in [-0.05, 0) is 42.7 Å². The molecule has 2 aromatic carbocycles. The van der Waals surface area contributed by atoms with Crippen molar-refractivity contribution < 1.29 is 21.6 Å². The standard InChI is InChI=1S/C22H21F3N6O2S/c1-30-19(11-8-14-6-9-16(10-7-14)22(23,24)25)18(13-27-30)21-28-20(29-31(21)2)15-4-3-5-17(12-15)34(26,32)33/h3-7,9-10,12-13H,8,11H2,1-2H3,(H2,26,32,33). The van der Waals surface area contributed by atoms with E-state index >= 15 is 0 Å². The summed E-state index contributed by atoms with van der Waals surface area (Å²) in [7, 11) is -0.388. The van der Waals surface area contributed by atoms with Crippen molar-refractivity contribution in [2.45, 2.75) is 23.9 Å². The smallest absolute Gasteiger partial charge is 0.272 e.